The Morgan fingerprint density at radius 3 is 2.00 bits per heavy atom. The highest BCUT2D eigenvalue weighted by atomic mass is 16.4. The van der Waals surface area contributed by atoms with E-state index in [2.05, 4.69) is 46.8 Å². The van der Waals surface area contributed by atoms with E-state index < -0.39 is 7.12 Å². The number of hydrogen-bond donors (Lipinski definition) is 2. The lowest BCUT2D eigenvalue weighted by Gasteiger charge is -2.20. The molecule has 0 saturated carbocycles. The highest BCUT2D eigenvalue weighted by Gasteiger charge is 2.22. The number of rotatable bonds is 4. The van der Waals surface area contributed by atoms with Gasteiger partial charge in [-0.3, -0.25) is 0 Å². The summed E-state index contributed by atoms with van der Waals surface area (Å²) in [4.78, 5) is 0. The average Bonchev–Trinajstić information content (AvgIpc) is 2.26. The van der Waals surface area contributed by atoms with Gasteiger partial charge in [0.05, 0.1) is 0 Å². The summed E-state index contributed by atoms with van der Waals surface area (Å²) in [6, 6.07) is 4.22. The van der Waals surface area contributed by atoms with E-state index in [1.807, 2.05) is 0 Å². The second-order valence-electron chi connectivity index (χ2n) is 5.22. The van der Waals surface area contributed by atoms with Crippen molar-refractivity contribution in [2.45, 2.75) is 52.9 Å². The Morgan fingerprint density at radius 1 is 1.06 bits per heavy atom. The van der Waals surface area contributed by atoms with Crippen LogP contribution in [0.3, 0.4) is 0 Å². The van der Waals surface area contributed by atoms with Gasteiger partial charge in [-0.25, -0.2) is 0 Å². The zero-order valence-electron chi connectivity index (χ0n) is 11.5. The Balaban J connectivity index is 3.46. The molecule has 0 aliphatic carbocycles. The predicted molar refractivity (Wildman–Crippen MR) is 73.8 cm³/mol. The Hall–Kier alpha value is -0.795. The Bertz CT molecular complexity index is 384. The van der Waals surface area contributed by atoms with Crippen molar-refractivity contribution in [3.63, 3.8) is 0 Å². The summed E-state index contributed by atoms with van der Waals surface area (Å²) >= 11 is 0. The van der Waals surface area contributed by atoms with Crippen molar-refractivity contribution in [1.29, 1.82) is 0 Å². The lowest BCUT2D eigenvalue weighted by Crippen LogP contribution is -2.37. The van der Waals surface area contributed by atoms with Crippen LogP contribution in [0.4, 0.5) is 0 Å². The molecule has 0 atom stereocenters. The molecule has 0 saturated heterocycles. The molecule has 0 aliphatic rings. The van der Waals surface area contributed by atoms with E-state index in [1.54, 1.807) is 0 Å². The molecule has 0 unspecified atom stereocenters. The van der Waals surface area contributed by atoms with Crippen molar-refractivity contribution < 1.29 is 10.0 Å². The fourth-order valence-corrected chi connectivity index (χ4v) is 2.18. The average molecular weight is 234 g/mol. The first kappa shape index (κ1) is 14.3. The van der Waals surface area contributed by atoms with Crippen molar-refractivity contribution in [2.75, 3.05) is 0 Å². The molecule has 3 heteroatoms. The van der Waals surface area contributed by atoms with Crippen LogP contribution in [0.15, 0.2) is 12.1 Å². The fourth-order valence-electron chi connectivity index (χ4n) is 2.18. The molecule has 2 nitrogen and oxygen atoms in total. The molecule has 2 N–H and O–H groups in total. The highest BCUT2D eigenvalue weighted by molar-refractivity contribution is 6.59. The van der Waals surface area contributed by atoms with Crippen LogP contribution < -0.4 is 5.46 Å². The van der Waals surface area contributed by atoms with Gasteiger partial charge in [-0.05, 0) is 40.4 Å². The zero-order valence-corrected chi connectivity index (χ0v) is 11.5. The van der Waals surface area contributed by atoms with Gasteiger partial charge in [-0.15, -0.1) is 0 Å². The van der Waals surface area contributed by atoms with Gasteiger partial charge in [0.25, 0.3) is 0 Å². The monoisotopic (exact) mass is 234 g/mol. The molecule has 0 spiro atoms. The second kappa shape index (κ2) is 5.70. The Labute approximate surface area is 105 Å². The first-order valence-corrected chi connectivity index (χ1v) is 6.41. The van der Waals surface area contributed by atoms with Gasteiger partial charge in [-0.1, -0.05) is 46.8 Å². The van der Waals surface area contributed by atoms with Crippen molar-refractivity contribution in [3.05, 3.63) is 28.8 Å². The van der Waals surface area contributed by atoms with E-state index in [0.717, 1.165) is 17.5 Å². The third-order valence-electron chi connectivity index (χ3n) is 3.25. The van der Waals surface area contributed by atoms with Gasteiger partial charge in [0.1, 0.15) is 0 Å². The summed E-state index contributed by atoms with van der Waals surface area (Å²) < 4.78 is 0. The summed E-state index contributed by atoms with van der Waals surface area (Å²) in [7, 11) is -1.37. The summed E-state index contributed by atoms with van der Waals surface area (Å²) in [5.74, 6) is 0.762. The number of hydrogen-bond acceptors (Lipinski definition) is 2. The standard InChI is InChI=1S/C14H23BO2/c1-6-11-7-12(9(2)3)8-13(10(4)5)14(11)15(16)17/h7-10,16-17H,6H2,1-5H3. The minimum atomic E-state index is -1.37. The number of benzene rings is 1. The van der Waals surface area contributed by atoms with Gasteiger partial charge in [-0.2, -0.15) is 0 Å². The van der Waals surface area contributed by atoms with Gasteiger partial charge in [0, 0.05) is 0 Å². The van der Waals surface area contributed by atoms with Gasteiger partial charge in [0.2, 0.25) is 0 Å². The summed E-state index contributed by atoms with van der Waals surface area (Å²) in [5.41, 5.74) is 4.08. The maximum Gasteiger partial charge on any atom is 0.488 e. The third kappa shape index (κ3) is 3.11. The van der Waals surface area contributed by atoms with E-state index in [4.69, 9.17) is 0 Å². The van der Waals surface area contributed by atoms with E-state index in [-0.39, 0.29) is 0 Å². The molecule has 1 aromatic rings. The molecule has 0 radical (unpaired) electrons. The molecular weight excluding hydrogens is 211 g/mol. The quantitative estimate of drug-likeness (QED) is 0.784. The van der Waals surface area contributed by atoms with Crippen LogP contribution in [0.2, 0.25) is 0 Å². The first-order valence-electron chi connectivity index (χ1n) is 6.41. The van der Waals surface area contributed by atoms with Crippen LogP contribution in [0, 0.1) is 0 Å². The summed E-state index contributed by atoms with van der Waals surface area (Å²) in [6.45, 7) is 10.5. The summed E-state index contributed by atoms with van der Waals surface area (Å²) in [5, 5.41) is 19.1. The third-order valence-corrected chi connectivity index (χ3v) is 3.25. The predicted octanol–water partition coefficient (Wildman–Crippen LogP) is 2.18. The van der Waals surface area contributed by atoms with Crippen molar-refractivity contribution in [3.8, 4) is 0 Å². The lowest BCUT2D eigenvalue weighted by molar-refractivity contribution is 0.424. The molecule has 1 aromatic carbocycles. The van der Waals surface area contributed by atoms with Gasteiger partial charge < -0.3 is 10.0 Å². The summed E-state index contributed by atoms with van der Waals surface area (Å²) in [6.07, 6.45) is 0.827. The molecule has 0 bridgehead atoms. The van der Waals surface area contributed by atoms with Crippen LogP contribution in [0.1, 0.15) is 63.1 Å². The topological polar surface area (TPSA) is 40.5 Å². The molecular formula is C14H23BO2. The second-order valence-corrected chi connectivity index (χ2v) is 5.22. The van der Waals surface area contributed by atoms with Crippen molar-refractivity contribution in [2.24, 2.45) is 0 Å². The Kier molecular flexibility index (Phi) is 4.78. The van der Waals surface area contributed by atoms with Gasteiger partial charge in [0.15, 0.2) is 0 Å². The molecule has 17 heavy (non-hydrogen) atoms. The van der Waals surface area contributed by atoms with Crippen molar-refractivity contribution in [1.82, 2.24) is 0 Å². The maximum absolute atomic E-state index is 9.55. The van der Waals surface area contributed by atoms with Gasteiger partial charge >= 0.3 is 7.12 Å². The molecule has 0 fully saturated rings. The lowest BCUT2D eigenvalue weighted by atomic mass is 9.70. The fraction of sp³-hybridized carbons (Fsp3) is 0.571. The normalized spacial score (nSPS) is 11.4. The van der Waals surface area contributed by atoms with Crippen LogP contribution in [-0.4, -0.2) is 17.2 Å². The van der Waals surface area contributed by atoms with Crippen LogP contribution in [0.5, 0.6) is 0 Å². The van der Waals surface area contributed by atoms with E-state index in [1.165, 1.54) is 5.56 Å². The smallest absolute Gasteiger partial charge is 0.423 e. The highest BCUT2D eigenvalue weighted by Crippen LogP contribution is 2.22. The molecule has 1 rings (SSSR count). The SMILES string of the molecule is CCc1cc(C(C)C)cc(C(C)C)c1B(O)O. The molecule has 0 aliphatic heterocycles. The van der Waals surface area contributed by atoms with Crippen LogP contribution in [-0.2, 0) is 6.42 Å². The first-order chi connectivity index (χ1) is 7.88. The van der Waals surface area contributed by atoms with Crippen LogP contribution >= 0.6 is 0 Å². The van der Waals surface area contributed by atoms with E-state index in [9.17, 15) is 10.0 Å². The van der Waals surface area contributed by atoms with E-state index >= 15 is 0 Å². The molecule has 0 aromatic heterocycles. The number of aryl methyl sites for hydroxylation is 1. The van der Waals surface area contributed by atoms with Crippen molar-refractivity contribution >= 4 is 12.6 Å². The molecule has 0 amide bonds. The minimum Gasteiger partial charge on any atom is -0.423 e. The minimum absolute atomic E-state index is 0.302. The molecule has 94 valence electrons. The Morgan fingerprint density at radius 2 is 1.65 bits per heavy atom. The van der Waals surface area contributed by atoms with Crippen LogP contribution in [0.25, 0.3) is 0 Å². The zero-order chi connectivity index (χ0) is 13.2. The largest absolute Gasteiger partial charge is 0.488 e. The van der Waals surface area contributed by atoms with E-state index in [0.29, 0.717) is 17.3 Å². The molecule has 0 heterocycles. The maximum atomic E-state index is 9.55.